The second-order valence-electron chi connectivity index (χ2n) is 5.32. The maximum atomic E-state index is 11.3. The topological polar surface area (TPSA) is 70.4 Å². The van der Waals surface area contributed by atoms with Crippen LogP contribution in [0, 0.1) is 10.1 Å². The van der Waals surface area contributed by atoms with E-state index in [4.69, 9.17) is 0 Å². The third kappa shape index (κ3) is 4.32. The lowest BCUT2D eigenvalue weighted by molar-refractivity contribution is -0.383. The largest absolute Gasteiger partial charge is 0.380 e. The number of benzene rings is 1. The second kappa shape index (κ2) is 7.83. The molecule has 6 heteroatoms. The number of hydrogen-bond acceptors (Lipinski definition) is 5. The monoisotopic (exact) mass is 292 g/mol. The number of likely N-dealkylation sites (tertiary alicyclic amines) is 1. The predicted octanol–water partition coefficient (Wildman–Crippen LogP) is 2.92. The van der Waals surface area contributed by atoms with Crippen LogP contribution in [0.1, 0.15) is 26.2 Å². The summed E-state index contributed by atoms with van der Waals surface area (Å²) in [5.74, 6) is 0. The smallest absolute Gasteiger partial charge is 0.315 e. The standard InChI is InChI=1S/C15H24N4O2/c1-2-16-13-7-5-8-14(15(13)19(20)21)17-9-6-12-18-10-3-4-11-18/h5,7-8,16-17H,2-4,6,9-12H2,1H3. The Kier molecular flexibility index (Phi) is 5.80. The molecule has 0 amide bonds. The van der Waals surface area contributed by atoms with Gasteiger partial charge in [-0.25, -0.2) is 0 Å². The van der Waals surface area contributed by atoms with Crippen molar-refractivity contribution in [3.8, 4) is 0 Å². The van der Waals surface area contributed by atoms with E-state index in [9.17, 15) is 10.1 Å². The number of para-hydroxylation sites is 1. The lowest BCUT2D eigenvalue weighted by Gasteiger charge is -2.15. The predicted molar refractivity (Wildman–Crippen MR) is 86.0 cm³/mol. The van der Waals surface area contributed by atoms with Crippen molar-refractivity contribution < 1.29 is 4.92 Å². The molecule has 1 saturated heterocycles. The van der Waals surface area contributed by atoms with Gasteiger partial charge in [-0.15, -0.1) is 0 Å². The Hall–Kier alpha value is -1.82. The number of nitrogens with one attached hydrogen (secondary N) is 2. The van der Waals surface area contributed by atoms with Gasteiger partial charge in [0.05, 0.1) is 4.92 Å². The maximum absolute atomic E-state index is 11.3. The zero-order valence-corrected chi connectivity index (χ0v) is 12.6. The van der Waals surface area contributed by atoms with Crippen molar-refractivity contribution in [2.24, 2.45) is 0 Å². The maximum Gasteiger partial charge on any atom is 0.315 e. The van der Waals surface area contributed by atoms with Crippen LogP contribution in [-0.4, -0.2) is 42.5 Å². The summed E-state index contributed by atoms with van der Waals surface area (Å²) < 4.78 is 0. The number of anilines is 2. The summed E-state index contributed by atoms with van der Waals surface area (Å²) >= 11 is 0. The van der Waals surface area contributed by atoms with Crippen LogP contribution >= 0.6 is 0 Å². The van der Waals surface area contributed by atoms with Gasteiger partial charge >= 0.3 is 5.69 Å². The molecule has 21 heavy (non-hydrogen) atoms. The van der Waals surface area contributed by atoms with Crippen LogP contribution in [-0.2, 0) is 0 Å². The molecule has 0 aliphatic carbocycles. The van der Waals surface area contributed by atoms with Crippen molar-refractivity contribution in [1.82, 2.24) is 4.90 Å². The quantitative estimate of drug-likeness (QED) is 0.438. The van der Waals surface area contributed by atoms with Crippen molar-refractivity contribution >= 4 is 17.1 Å². The summed E-state index contributed by atoms with van der Waals surface area (Å²) in [6.07, 6.45) is 3.59. The molecule has 1 aliphatic rings. The van der Waals surface area contributed by atoms with Crippen LogP contribution < -0.4 is 10.6 Å². The van der Waals surface area contributed by atoms with E-state index < -0.39 is 0 Å². The molecule has 6 nitrogen and oxygen atoms in total. The summed E-state index contributed by atoms with van der Waals surface area (Å²) in [5.41, 5.74) is 1.31. The minimum Gasteiger partial charge on any atom is -0.380 e. The first-order chi connectivity index (χ1) is 10.2. The molecule has 116 valence electrons. The molecule has 0 atom stereocenters. The van der Waals surface area contributed by atoms with E-state index in [1.807, 2.05) is 13.0 Å². The molecule has 0 saturated carbocycles. The van der Waals surface area contributed by atoms with E-state index in [0.717, 1.165) is 19.5 Å². The Morgan fingerprint density at radius 1 is 1.24 bits per heavy atom. The minimum atomic E-state index is -0.319. The van der Waals surface area contributed by atoms with E-state index in [2.05, 4.69) is 15.5 Å². The van der Waals surface area contributed by atoms with Crippen molar-refractivity contribution in [3.05, 3.63) is 28.3 Å². The van der Waals surface area contributed by atoms with Crippen molar-refractivity contribution in [2.75, 3.05) is 43.4 Å². The molecule has 0 aromatic heterocycles. The van der Waals surface area contributed by atoms with E-state index >= 15 is 0 Å². The Morgan fingerprint density at radius 3 is 2.52 bits per heavy atom. The highest BCUT2D eigenvalue weighted by Crippen LogP contribution is 2.32. The molecular weight excluding hydrogens is 268 g/mol. The zero-order chi connectivity index (χ0) is 15.1. The first-order valence-corrected chi connectivity index (χ1v) is 7.70. The fourth-order valence-electron chi connectivity index (χ4n) is 2.75. The molecule has 0 spiro atoms. The molecule has 1 fully saturated rings. The Balaban J connectivity index is 1.92. The van der Waals surface area contributed by atoms with Gasteiger partial charge in [0.2, 0.25) is 0 Å². The molecule has 2 N–H and O–H groups in total. The molecule has 0 radical (unpaired) electrons. The average Bonchev–Trinajstić information content (AvgIpc) is 2.97. The van der Waals surface area contributed by atoms with Gasteiger partial charge in [0, 0.05) is 13.1 Å². The molecule has 0 unspecified atom stereocenters. The van der Waals surface area contributed by atoms with Crippen molar-refractivity contribution in [2.45, 2.75) is 26.2 Å². The summed E-state index contributed by atoms with van der Waals surface area (Å²) in [4.78, 5) is 13.4. The van der Waals surface area contributed by atoms with Crippen LogP contribution in [0.2, 0.25) is 0 Å². The highest BCUT2D eigenvalue weighted by molar-refractivity contribution is 5.76. The minimum absolute atomic E-state index is 0.139. The van der Waals surface area contributed by atoms with Gasteiger partial charge in [0.1, 0.15) is 11.4 Å². The van der Waals surface area contributed by atoms with E-state index in [-0.39, 0.29) is 10.6 Å². The second-order valence-corrected chi connectivity index (χ2v) is 5.32. The van der Waals surface area contributed by atoms with Gasteiger partial charge in [-0.1, -0.05) is 6.07 Å². The summed E-state index contributed by atoms with van der Waals surface area (Å²) in [5, 5.41) is 17.5. The fraction of sp³-hybridized carbons (Fsp3) is 0.600. The lowest BCUT2D eigenvalue weighted by atomic mass is 10.2. The van der Waals surface area contributed by atoms with Crippen LogP contribution in [0.3, 0.4) is 0 Å². The fourth-order valence-corrected chi connectivity index (χ4v) is 2.75. The van der Waals surface area contributed by atoms with Crippen LogP contribution in [0.4, 0.5) is 17.1 Å². The SMILES string of the molecule is CCNc1cccc(NCCCN2CCCC2)c1[N+](=O)[O-]. The molecule has 1 aromatic carbocycles. The van der Waals surface area contributed by atoms with Crippen LogP contribution in [0.25, 0.3) is 0 Å². The molecule has 2 rings (SSSR count). The van der Waals surface area contributed by atoms with E-state index in [0.29, 0.717) is 17.9 Å². The number of hydrogen-bond donors (Lipinski definition) is 2. The normalized spacial score (nSPS) is 15.1. The molecule has 1 aromatic rings. The highest BCUT2D eigenvalue weighted by Gasteiger charge is 2.19. The number of nitrogens with zero attached hydrogens (tertiary/aromatic N) is 2. The van der Waals surface area contributed by atoms with Gasteiger partial charge in [-0.2, -0.15) is 0 Å². The van der Waals surface area contributed by atoms with E-state index in [1.165, 1.54) is 25.9 Å². The third-order valence-electron chi connectivity index (χ3n) is 3.75. The first-order valence-electron chi connectivity index (χ1n) is 7.70. The average molecular weight is 292 g/mol. The van der Waals surface area contributed by atoms with E-state index in [1.54, 1.807) is 12.1 Å². The Labute approximate surface area is 125 Å². The number of nitro groups is 1. The van der Waals surface area contributed by atoms with Crippen molar-refractivity contribution in [1.29, 1.82) is 0 Å². The highest BCUT2D eigenvalue weighted by atomic mass is 16.6. The third-order valence-corrected chi connectivity index (χ3v) is 3.75. The van der Waals surface area contributed by atoms with Gasteiger partial charge in [0.25, 0.3) is 0 Å². The molecule has 1 heterocycles. The van der Waals surface area contributed by atoms with Gasteiger partial charge in [-0.3, -0.25) is 10.1 Å². The van der Waals surface area contributed by atoms with Crippen molar-refractivity contribution in [3.63, 3.8) is 0 Å². The summed E-state index contributed by atoms with van der Waals surface area (Å²) in [6.45, 7) is 6.80. The number of nitro benzene ring substituents is 1. The van der Waals surface area contributed by atoms with Gasteiger partial charge in [-0.05, 0) is 58.0 Å². The first kappa shape index (κ1) is 15.6. The Bertz CT molecular complexity index is 473. The molecule has 1 aliphatic heterocycles. The van der Waals surface area contributed by atoms with Crippen LogP contribution in [0.15, 0.2) is 18.2 Å². The summed E-state index contributed by atoms with van der Waals surface area (Å²) in [7, 11) is 0. The zero-order valence-electron chi connectivity index (χ0n) is 12.6. The molecule has 0 bridgehead atoms. The lowest BCUT2D eigenvalue weighted by Crippen LogP contribution is -2.22. The summed E-state index contributed by atoms with van der Waals surface area (Å²) in [6, 6.07) is 5.36. The Morgan fingerprint density at radius 2 is 1.90 bits per heavy atom. The molecular formula is C15H24N4O2. The van der Waals surface area contributed by atoms with Gasteiger partial charge < -0.3 is 15.5 Å². The number of rotatable bonds is 8. The van der Waals surface area contributed by atoms with Crippen LogP contribution in [0.5, 0.6) is 0 Å². The van der Waals surface area contributed by atoms with Gasteiger partial charge in [0.15, 0.2) is 0 Å².